The van der Waals surface area contributed by atoms with Crippen LogP contribution in [-0.4, -0.2) is 35.8 Å². The maximum Gasteiger partial charge on any atom is 0.331 e. The average molecular weight is 451 g/mol. The Morgan fingerprint density at radius 3 is 2.34 bits per heavy atom. The first-order valence-electron chi connectivity index (χ1n) is 10.3. The zero-order chi connectivity index (χ0) is 22.9. The Morgan fingerprint density at radius 2 is 1.75 bits per heavy atom. The summed E-state index contributed by atoms with van der Waals surface area (Å²) in [7, 11) is -0.805. The van der Waals surface area contributed by atoms with Crippen LogP contribution in [0.15, 0.2) is 83.3 Å². The van der Waals surface area contributed by atoms with Crippen LogP contribution in [0.2, 0.25) is 0 Å². The lowest BCUT2D eigenvalue weighted by molar-refractivity contribution is -0.140. The molecule has 1 aliphatic carbocycles. The number of benzene rings is 2. The second-order valence-electron chi connectivity index (χ2n) is 7.19. The third kappa shape index (κ3) is 6.22. The largest absolute Gasteiger partial charge is 0.491 e. The van der Waals surface area contributed by atoms with Crippen molar-refractivity contribution in [1.82, 2.24) is 0 Å². The Balaban J connectivity index is 1.81. The molecule has 0 bridgehead atoms. The van der Waals surface area contributed by atoms with Gasteiger partial charge < -0.3 is 14.7 Å². The van der Waals surface area contributed by atoms with Crippen LogP contribution in [0.3, 0.4) is 0 Å². The van der Waals surface area contributed by atoms with Gasteiger partial charge in [0.2, 0.25) is 0 Å². The van der Waals surface area contributed by atoms with Gasteiger partial charge in [0.15, 0.2) is 5.78 Å². The summed E-state index contributed by atoms with van der Waals surface area (Å²) in [5.41, 5.74) is 0.176. The molecule has 2 aromatic carbocycles. The fourth-order valence-electron chi connectivity index (χ4n) is 3.29. The van der Waals surface area contributed by atoms with Crippen molar-refractivity contribution in [3.63, 3.8) is 0 Å². The van der Waals surface area contributed by atoms with Gasteiger partial charge in [0.1, 0.15) is 18.1 Å². The van der Waals surface area contributed by atoms with Crippen molar-refractivity contribution in [2.75, 3.05) is 13.2 Å². The second kappa shape index (κ2) is 11.5. The van der Waals surface area contributed by atoms with Crippen LogP contribution in [0.4, 0.5) is 0 Å². The van der Waals surface area contributed by atoms with Gasteiger partial charge in [0, 0.05) is 12.8 Å². The van der Waals surface area contributed by atoms with Crippen LogP contribution >= 0.6 is 7.92 Å². The Labute approximate surface area is 189 Å². The lowest BCUT2D eigenvalue weighted by Gasteiger charge is -2.24. The van der Waals surface area contributed by atoms with E-state index in [1.807, 2.05) is 54.6 Å². The van der Waals surface area contributed by atoms with Crippen molar-refractivity contribution >= 4 is 36.0 Å². The van der Waals surface area contributed by atoms with E-state index in [-0.39, 0.29) is 30.6 Å². The smallest absolute Gasteiger partial charge is 0.331 e. The molecule has 0 saturated carbocycles. The number of carbonyl (C=O) groups is 2. The number of ketones is 1. The van der Waals surface area contributed by atoms with Crippen molar-refractivity contribution in [2.45, 2.75) is 20.3 Å². The predicted molar refractivity (Wildman–Crippen MR) is 127 cm³/mol. The standard InChI is InChI=1S/C25H26NO5P/c1-18(26-31-19(2)28)25(29)20-8-12-23(13-9-20)32(22-6-4-3-5-7-22)24-14-10-21(11-15-24)30-17-16-27/h3-8,10-15,20,27H,9,16-17H2,1-2H3/b26-18+/t20-,32?/m1/s1. The van der Waals surface area contributed by atoms with Crippen LogP contribution in [0, 0.1) is 5.92 Å². The molecule has 1 aliphatic rings. The topological polar surface area (TPSA) is 85.2 Å². The zero-order valence-electron chi connectivity index (χ0n) is 18.1. The van der Waals surface area contributed by atoms with Crippen molar-refractivity contribution in [3.05, 3.63) is 78.1 Å². The Bertz CT molecular complexity index is 1030. The van der Waals surface area contributed by atoms with Gasteiger partial charge in [-0.25, -0.2) is 4.79 Å². The van der Waals surface area contributed by atoms with Crippen molar-refractivity contribution in [1.29, 1.82) is 0 Å². The van der Waals surface area contributed by atoms with E-state index in [1.54, 1.807) is 6.92 Å². The number of aliphatic hydroxyl groups excluding tert-OH is 1. The van der Waals surface area contributed by atoms with Gasteiger partial charge in [-0.15, -0.1) is 0 Å². The second-order valence-corrected chi connectivity index (χ2v) is 9.41. The molecule has 0 heterocycles. The van der Waals surface area contributed by atoms with Crippen LogP contribution in [0.25, 0.3) is 0 Å². The summed E-state index contributed by atoms with van der Waals surface area (Å²) in [5.74, 6) is -0.334. The lowest BCUT2D eigenvalue weighted by Crippen LogP contribution is -2.22. The Kier molecular flexibility index (Phi) is 8.48. The van der Waals surface area contributed by atoms with Crippen molar-refractivity contribution in [2.24, 2.45) is 11.1 Å². The van der Waals surface area contributed by atoms with Gasteiger partial charge in [0.25, 0.3) is 0 Å². The first kappa shape index (κ1) is 23.6. The summed E-state index contributed by atoms with van der Waals surface area (Å²) in [6.07, 6.45) is 6.58. The van der Waals surface area contributed by atoms with E-state index in [9.17, 15) is 9.59 Å². The Morgan fingerprint density at radius 1 is 1.06 bits per heavy atom. The summed E-state index contributed by atoms with van der Waals surface area (Å²) in [6.45, 7) is 3.03. The van der Waals surface area contributed by atoms with E-state index in [2.05, 4.69) is 28.2 Å². The molecule has 0 amide bonds. The highest BCUT2D eigenvalue weighted by atomic mass is 31.1. The van der Waals surface area contributed by atoms with Crippen LogP contribution in [-0.2, 0) is 14.4 Å². The highest BCUT2D eigenvalue weighted by Gasteiger charge is 2.24. The monoisotopic (exact) mass is 451 g/mol. The van der Waals surface area contributed by atoms with Crippen molar-refractivity contribution < 1.29 is 24.3 Å². The maximum atomic E-state index is 12.6. The highest BCUT2D eigenvalue weighted by Crippen LogP contribution is 2.45. The van der Waals surface area contributed by atoms with E-state index >= 15 is 0 Å². The molecule has 1 unspecified atom stereocenters. The quantitative estimate of drug-likeness (QED) is 0.273. The van der Waals surface area contributed by atoms with E-state index in [4.69, 9.17) is 9.84 Å². The molecule has 0 fully saturated rings. The molecule has 0 saturated heterocycles. The molecular weight excluding hydrogens is 425 g/mol. The number of oxime groups is 1. The molecule has 0 radical (unpaired) electrons. The molecule has 32 heavy (non-hydrogen) atoms. The minimum atomic E-state index is -0.805. The molecule has 0 aromatic heterocycles. The minimum Gasteiger partial charge on any atom is -0.491 e. The van der Waals surface area contributed by atoms with Gasteiger partial charge in [-0.3, -0.25) is 4.79 Å². The molecule has 2 aromatic rings. The van der Waals surface area contributed by atoms with Gasteiger partial charge in [-0.05, 0) is 49.3 Å². The number of allylic oxidation sites excluding steroid dienone is 4. The summed E-state index contributed by atoms with van der Waals surface area (Å²) >= 11 is 0. The molecule has 166 valence electrons. The molecule has 0 spiro atoms. The average Bonchev–Trinajstić information content (AvgIpc) is 2.83. The summed E-state index contributed by atoms with van der Waals surface area (Å²) in [6, 6.07) is 18.2. The third-order valence-corrected chi connectivity index (χ3v) is 7.29. The first-order chi connectivity index (χ1) is 15.5. The fraction of sp³-hybridized carbons (Fsp3) is 0.240. The zero-order valence-corrected chi connectivity index (χ0v) is 19.0. The lowest BCUT2D eigenvalue weighted by atomic mass is 9.94. The molecule has 2 atom stereocenters. The number of carbonyl (C=O) groups excluding carboxylic acids is 2. The summed E-state index contributed by atoms with van der Waals surface area (Å²) < 4.78 is 5.49. The number of aliphatic hydroxyl groups is 1. The normalized spacial score (nSPS) is 16.8. The SMILES string of the molecule is CC(=O)O/N=C(\C)C(=O)[C@@H]1C=CC(P(c2ccccc2)c2ccc(OCCO)cc2)=CC1. The third-order valence-electron chi connectivity index (χ3n) is 4.81. The number of hydrogen-bond donors (Lipinski definition) is 1. The van der Waals surface area contributed by atoms with Gasteiger partial charge in [-0.2, -0.15) is 0 Å². The van der Waals surface area contributed by atoms with Crippen molar-refractivity contribution in [3.8, 4) is 5.75 Å². The van der Waals surface area contributed by atoms with Gasteiger partial charge in [0.05, 0.1) is 6.61 Å². The van der Waals surface area contributed by atoms with E-state index in [0.29, 0.717) is 12.2 Å². The number of Topliss-reactive ketones (excluding diaryl/α,β-unsaturated/α-hetero) is 1. The molecule has 7 heteroatoms. The van der Waals surface area contributed by atoms with E-state index in [1.165, 1.54) is 12.2 Å². The van der Waals surface area contributed by atoms with Crippen LogP contribution < -0.4 is 15.3 Å². The predicted octanol–water partition coefficient (Wildman–Crippen LogP) is 3.46. The number of hydrogen-bond acceptors (Lipinski definition) is 6. The fourth-order valence-corrected chi connectivity index (χ4v) is 5.63. The molecular formula is C25H26NO5P. The Hall–Kier alpha value is -3.08. The minimum absolute atomic E-state index is 0.0267. The number of rotatable bonds is 9. The van der Waals surface area contributed by atoms with Gasteiger partial charge in [-0.1, -0.05) is 65.8 Å². The summed E-state index contributed by atoms with van der Waals surface area (Å²) in [5, 5.41) is 16.1. The maximum absolute atomic E-state index is 12.6. The highest BCUT2D eigenvalue weighted by molar-refractivity contribution is 7.77. The van der Waals surface area contributed by atoms with Crippen LogP contribution in [0.5, 0.6) is 5.75 Å². The molecule has 0 aliphatic heterocycles. The first-order valence-corrected chi connectivity index (χ1v) is 11.7. The molecule has 3 rings (SSSR count). The number of nitrogens with zero attached hydrogens (tertiary/aromatic N) is 1. The number of ether oxygens (including phenoxy) is 1. The molecule has 6 nitrogen and oxygen atoms in total. The van der Waals surface area contributed by atoms with E-state index < -0.39 is 13.9 Å². The molecule has 1 N–H and O–H groups in total. The van der Waals surface area contributed by atoms with Crippen LogP contribution in [0.1, 0.15) is 20.3 Å². The summed E-state index contributed by atoms with van der Waals surface area (Å²) in [4.78, 5) is 28.1. The van der Waals surface area contributed by atoms with Gasteiger partial charge >= 0.3 is 5.97 Å². The van der Waals surface area contributed by atoms with E-state index in [0.717, 1.165) is 10.6 Å².